The minimum absolute atomic E-state index is 0.0531. The molecule has 4 aliphatic rings. The highest BCUT2D eigenvalue weighted by molar-refractivity contribution is 5.92. The number of fused-ring (bicyclic) bond motifs is 1. The van der Waals surface area contributed by atoms with Crippen LogP contribution in [0.1, 0.15) is 82.8 Å². The molecule has 2 aromatic rings. The molecule has 3 aliphatic carbocycles. The minimum Gasteiger partial charge on any atom is -0.462 e. The summed E-state index contributed by atoms with van der Waals surface area (Å²) in [5.41, 5.74) is -7.44. The molecule has 4 fully saturated rings. The summed E-state index contributed by atoms with van der Waals surface area (Å²) in [6.07, 6.45) is -9.27. The maximum atomic E-state index is 14.5. The van der Waals surface area contributed by atoms with E-state index in [1.54, 1.807) is 25.1 Å². The molecule has 334 valence electrons. The molecule has 1 aliphatic heterocycles. The normalized spacial score (nSPS) is 34.1. The van der Waals surface area contributed by atoms with Gasteiger partial charge in [0.2, 0.25) is 0 Å². The highest BCUT2D eigenvalue weighted by atomic mass is 16.6. The smallest absolute Gasteiger partial charge is 0.338 e. The molecule has 4 bridgehead atoms. The average Bonchev–Trinajstić information content (AvgIpc) is 3.35. The molecular formula is C46H55NO15. The Bertz CT molecular complexity index is 2110. The van der Waals surface area contributed by atoms with Crippen molar-refractivity contribution in [3.63, 3.8) is 0 Å². The van der Waals surface area contributed by atoms with Gasteiger partial charge in [0, 0.05) is 63.8 Å². The predicted octanol–water partition coefficient (Wildman–Crippen LogP) is 3.87. The fraction of sp³-hybridized carbons (Fsp3) is 0.543. The van der Waals surface area contributed by atoms with Crippen molar-refractivity contribution in [2.75, 3.05) is 27.3 Å². The number of hydrogen-bond donors (Lipinski definition) is 1. The molecule has 16 nitrogen and oxygen atoms in total. The number of ether oxygens (including phenoxy) is 7. The van der Waals surface area contributed by atoms with Crippen LogP contribution < -0.4 is 0 Å². The zero-order chi connectivity index (χ0) is 45.5. The predicted molar refractivity (Wildman–Crippen MR) is 217 cm³/mol. The zero-order valence-corrected chi connectivity index (χ0v) is 36.2. The zero-order valence-electron chi connectivity index (χ0n) is 36.2. The number of Topliss-reactive ketones (excluding diaryl/α,β-unsaturated/α-hetero) is 1. The van der Waals surface area contributed by atoms with Gasteiger partial charge in [-0.3, -0.25) is 28.8 Å². The maximum absolute atomic E-state index is 14.5. The number of ketones is 1. The minimum atomic E-state index is -2.55. The van der Waals surface area contributed by atoms with E-state index in [2.05, 4.69) is 6.58 Å². The summed E-state index contributed by atoms with van der Waals surface area (Å²) in [5.74, 6) is -8.52. The fourth-order valence-corrected chi connectivity index (χ4v) is 10.6. The summed E-state index contributed by atoms with van der Waals surface area (Å²) < 4.78 is 43.2. The van der Waals surface area contributed by atoms with Crippen molar-refractivity contribution in [1.82, 2.24) is 4.90 Å². The SMILES string of the molecule is C=C1[C@H](OC(=O)C[C@H](c2ccccc2)N(C)C)C[C@@H](OC(C)=O)[C@]2(COC(=O)c3ccccc3)[C@H](OC(C)=O)[C@H](OC(C)=O)[C@@]3(O)[C@@]4(C)CO[C@]3(C)C(=O)C[C@H]4[C@H](OC(C)=O)[C@H]12. The van der Waals surface area contributed by atoms with Gasteiger partial charge in [-0.2, -0.15) is 0 Å². The Morgan fingerprint density at radius 2 is 1.39 bits per heavy atom. The maximum Gasteiger partial charge on any atom is 0.338 e. The summed E-state index contributed by atoms with van der Waals surface area (Å²) in [6, 6.07) is 16.7. The molecule has 0 unspecified atom stereocenters. The Labute approximate surface area is 360 Å². The topological polar surface area (TPSA) is 208 Å². The molecule has 2 aromatic carbocycles. The largest absolute Gasteiger partial charge is 0.462 e. The molecule has 0 amide bonds. The Hall–Kier alpha value is -5.45. The third kappa shape index (κ3) is 7.81. The van der Waals surface area contributed by atoms with E-state index in [1.165, 1.54) is 19.1 Å². The van der Waals surface area contributed by atoms with Crippen molar-refractivity contribution in [2.24, 2.45) is 22.7 Å². The van der Waals surface area contributed by atoms with Crippen molar-refractivity contribution in [3.8, 4) is 0 Å². The van der Waals surface area contributed by atoms with E-state index < -0.39 is 119 Å². The number of carbonyl (C=O) groups excluding carboxylic acids is 7. The quantitative estimate of drug-likeness (QED) is 0.183. The summed E-state index contributed by atoms with van der Waals surface area (Å²) in [7, 11) is 3.62. The highest BCUT2D eigenvalue weighted by Gasteiger charge is 2.83. The molecule has 1 N–H and O–H groups in total. The summed E-state index contributed by atoms with van der Waals surface area (Å²) >= 11 is 0. The van der Waals surface area contributed by atoms with Gasteiger partial charge in [-0.1, -0.05) is 62.0 Å². The third-order valence-electron chi connectivity index (χ3n) is 13.5. The summed E-state index contributed by atoms with van der Waals surface area (Å²) in [6.45, 7) is 10.6. The summed E-state index contributed by atoms with van der Waals surface area (Å²) in [5, 5.41) is 13.5. The lowest BCUT2D eigenvalue weighted by molar-refractivity contribution is -0.302. The van der Waals surface area contributed by atoms with Gasteiger partial charge in [0.25, 0.3) is 0 Å². The van der Waals surface area contributed by atoms with Crippen LogP contribution in [0.3, 0.4) is 0 Å². The van der Waals surface area contributed by atoms with Crippen LogP contribution in [0.5, 0.6) is 0 Å². The van der Waals surface area contributed by atoms with Gasteiger partial charge in [0.15, 0.2) is 23.6 Å². The van der Waals surface area contributed by atoms with Crippen LogP contribution in [-0.2, 0) is 61.9 Å². The van der Waals surface area contributed by atoms with E-state index in [-0.39, 0.29) is 37.0 Å². The van der Waals surface area contributed by atoms with Crippen LogP contribution in [0.4, 0.5) is 0 Å². The second kappa shape index (κ2) is 17.4. The van der Waals surface area contributed by atoms with E-state index in [1.807, 2.05) is 49.3 Å². The van der Waals surface area contributed by atoms with E-state index in [0.29, 0.717) is 0 Å². The van der Waals surface area contributed by atoms with E-state index >= 15 is 0 Å². The molecule has 0 spiro atoms. The van der Waals surface area contributed by atoms with Crippen LogP contribution in [-0.4, -0.2) is 121 Å². The lowest BCUT2D eigenvalue weighted by Crippen LogP contribution is -2.81. The number of nitrogens with zero attached hydrogens (tertiary/aromatic N) is 1. The van der Waals surface area contributed by atoms with Gasteiger partial charge in [-0.15, -0.1) is 0 Å². The van der Waals surface area contributed by atoms with E-state index in [9.17, 15) is 38.7 Å². The molecule has 0 radical (unpaired) electrons. The first-order valence-corrected chi connectivity index (χ1v) is 20.5. The first-order chi connectivity index (χ1) is 29.1. The van der Waals surface area contributed by atoms with Crippen LogP contribution in [0, 0.1) is 22.7 Å². The van der Waals surface area contributed by atoms with Gasteiger partial charge >= 0.3 is 35.8 Å². The number of rotatable bonds is 12. The second-order valence-electron chi connectivity index (χ2n) is 17.4. The summed E-state index contributed by atoms with van der Waals surface area (Å²) in [4.78, 5) is 98.0. The molecule has 12 atom stereocenters. The Morgan fingerprint density at radius 1 is 0.823 bits per heavy atom. The monoisotopic (exact) mass is 861 g/mol. The molecular weight excluding hydrogens is 806 g/mol. The Balaban J connectivity index is 1.63. The molecule has 1 heterocycles. The van der Waals surface area contributed by atoms with Crippen molar-refractivity contribution in [1.29, 1.82) is 0 Å². The van der Waals surface area contributed by atoms with Crippen LogP contribution in [0.15, 0.2) is 72.8 Å². The second-order valence-corrected chi connectivity index (χ2v) is 17.4. The highest BCUT2D eigenvalue weighted by Crippen LogP contribution is 2.67. The van der Waals surface area contributed by atoms with Gasteiger partial charge in [-0.05, 0) is 44.3 Å². The standard InChI is InChI=1S/C46H55NO15/c1-25-34(62-37(53)21-33(47(8)9)30-16-12-10-13-17-30)22-36(58-26(2)48)45(24-56-42(54)31-18-14-11-15-19-31)38(25)39(59-27(3)49)32-20-35(52)44(7)46(55,43(32,6)23-57-44)41(61-29(5)51)40(45)60-28(4)50/h10-19,32-34,36,38-41,55H,1,20-24H2,2-9H3/t32-,33+,34+,36+,38-,39-,40+,41-,43-,44+,45-,46+/m0/s1. The fourth-order valence-electron chi connectivity index (χ4n) is 10.6. The van der Waals surface area contributed by atoms with Crippen LogP contribution >= 0.6 is 0 Å². The van der Waals surface area contributed by atoms with E-state index in [0.717, 1.165) is 33.3 Å². The molecule has 1 saturated heterocycles. The van der Waals surface area contributed by atoms with Gasteiger partial charge < -0.3 is 43.2 Å². The van der Waals surface area contributed by atoms with Gasteiger partial charge in [-0.25, -0.2) is 4.79 Å². The average molecular weight is 862 g/mol. The molecule has 0 aromatic heterocycles. The van der Waals surface area contributed by atoms with Crippen molar-refractivity contribution >= 4 is 41.6 Å². The number of esters is 6. The first-order valence-electron chi connectivity index (χ1n) is 20.5. The van der Waals surface area contributed by atoms with Crippen molar-refractivity contribution in [3.05, 3.63) is 83.9 Å². The van der Waals surface area contributed by atoms with Crippen LogP contribution in [0.2, 0.25) is 0 Å². The molecule has 3 saturated carbocycles. The number of benzene rings is 2. The van der Waals surface area contributed by atoms with Crippen molar-refractivity contribution in [2.45, 2.75) is 109 Å². The van der Waals surface area contributed by atoms with Crippen molar-refractivity contribution < 1.29 is 71.8 Å². The lowest BCUT2D eigenvalue weighted by Gasteiger charge is -2.65. The number of aliphatic hydroxyl groups is 1. The third-order valence-corrected chi connectivity index (χ3v) is 13.5. The number of hydrogen-bond acceptors (Lipinski definition) is 16. The van der Waals surface area contributed by atoms with Crippen LogP contribution in [0.25, 0.3) is 0 Å². The first kappa shape index (κ1) is 46.1. The number of carbonyl (C=O) groups is 7. The Kier molecular flexibility index (Phi) is 12.9. The molecule has 6 rings (SSSR count). The van der Waals surface area contributed by atoms with Gasteiger partial charge in [0.05, 0.1) is 24.0 Å². The van der Waals surface area contributed by atoms with E-state index in [4.69, 9.17) is 33.2 Å². The van der Waals surface area contributed by atoms with Gasteiger partial charge in [0.1, 0.15) is 30.5 Å². The lowest BCUT2D eigenvalue weighted by atomic mass is 9.43. The molecule has 62 heavy (non-hydrogen) atoms. The Morgan fingerprint density at radius 3 is 1.95 bits per heavy atom. The molecule has 16 heteroatoms.